The molecule has 22 heavy (non-hydrogen) atoms. The lowest BCUT2D eigenvalue weighted by atomic mass is 9.91. The van der Waals surface area contributed by atoms with E-state index in [9.17, 15) is 9.59 Å². The summed E-state index contributed by atoms with van der Waals surface area (Å²) in [5.41, 5.74) is -0.475. The first kappa shape index (κ1) is 21.1. The molecule has 0 aliphatic heterocycles. The smallest absolute Gasteiger partial charge is 0.407 e. The molecule has 1 amide bonds. The van der Waals surface area contributed by atoms with Gasteiger partial charge in [0.05, 0.1) is 18.6 Å². The van der Waals surface area contributed by atoms with Gasteiger partial charge in [-0.25, -0.2) is 4.79 Å². The monoisotopic (exact) mass is 333 g/mol. The number of alkyl carbamates (subject to hydrolysis) is 1. The number of esters is 1. The summed E-state index contributed by atoms with van der Waals surface area (Å²) in [5.74, 6) is 0.949. The average Bonchev–Trinajstić information content (AvgIpc) is 2.50. The highest BCUT2D eigenvalue weighted by atomic mass is 32.2. The van der Waals surface area contributed by atoms with Gasteiger partial charge < -0.3 is 14.8 Å². The molecule has 0 bridgehead atoms. The SMILES string of the molecule is CCC(C)(C)C(=O)OCCNC(=O)OCCCCCCSC. The Labute approximate surface area is 138 Å². The molecule has 0 radical (unpaired) electrons. The lowest BCUT2D eigenvalue weighted by molar-refractivity contribution is -0.153. The van der Waals surface area contributed by atoms with Gasteiger partial charge in [0.1, 0.15) is 6.61 Å². The second kappa shape index (κ2) is 12.6. The van der Waals surface area contributed by atoms with E-state index in [0.717, 1.165) is 19.3 Å². The molecule has 0 aromatic heterocycles. The van der Waals surface area contributed by atoms with Gasteiger partial charge in [-0.1, -0.05) is 19.8 Å². The van der Waals surface area contributed by atoms with Gasteiger partial charge in [-0.15, -0.1) is 0 Å². The van der Waals surface area contributed by atoms with Crippen molar-refractivity contribution >= 4 is 23.8 Å². The number of ether oxygens (including phenoxy) is 2. The Morgan fingerprint density at radius 2 is 1.73 bits per heavy atom. The number of hydrogen-bond donors (Lipinski definition) is 1. The van der Waals surface area contributed by atoms with E-state index in [1.54, 1.807) is 0 Å². The van der Waals surface area contributed by atoms with Crippen LogP contribution in [0.3, 0.4) is 0 Å². The number of unbranched alkanes of at least 4 members (excludes halogenated alkanes) is 3. The third-order valence-corrected chi connectivity index (χ3v) is 4.21. The molecule has 0 heterocycles. The van der Waals surface area contributed by atoms with E-state index in [1.807, 2.05) is 32.5 Å². The van der Waals surface area contributed by atoms with E-state index in [0.29, 0.717) is 6.61 Å². The van der Waals surface area contributed by atoms with Gasteiger partial charge in [0.2, 0.25) is 0 Å². The van der Waals surface area contributed by atoms with Gasteiger partial charge in [-0.2, -0.15) is 11.8 Å². The summed E-state index contributed by atoms with van der Waals surface area (Å²) < 4.78 is 10.2. The van der Waals surface area contributed by atoms with Gasteiger partial charge >= 0.3 is 12.1 Å². The van der Waals surface area contributed by atoms with Crippen LogP contribution < -0.4 is 5.32 Å². The molecule has 0 unspecified atom stereocenters. The molecule has 130 valence electrons. The molecular formula is C16H31NO4S. The van der Waals surface area contributed by atoms with Gasteiger partial charge in [0, 0.05) is 0 Å². The van der Waals surface area contributed by atoms with Crippen LogP contribution in [0.15, 0.2) is 0 Å². The zero-order valence-electron chi connectivity index (χ0n) is 14.4. The number of carbonyl (C=O) groups is 2. The van der Waals surface area contributed by atoms with Crippen molar-refractivity contribution < 1.29 is 19.1 Å². The van der Waals surface area contributed by atoms with Gasteiger partial charge in [0.15, 0.2) is 0 Å². The minimum absolute atomic E-state index is 0.173. The van der Waals surface area contributed by atoms with Crippen LogP contribution in [0.1, 0.15) is 52.9 Å². The van der Waals surface area contributed by atoms with E-state index >= 15 is 0 Å². The number of rotatable bonds is 12. The van der Waals surface area contributed by atoms with Crippen LogP contribution in [0.25, 0.3) is 0 Å². The number of nitrogens with one attached hydrogen (secondary N) is 1. The Morgan fingerprint density at radius 3 is 2.36 bits per heavy atom. The number of hydrogen-bond acceptors (Lipinski definition) is 5. The van der Waals surface area contributed by atoms with Crippen molar-refractivity contribution in [2.45, 2.75) is 52.9 Å². The highest BCUT2D eigenvalue weighted by Crippen LogP contribution is 2.21. The molecule has 0 saturated carbocycles. The standard InChI is InChI=1S/C16H31NO4S/c1-5-16(2,3)14(18)20-12-10-17-15(19)21-11-8-6-7-9-13-22-4/h5-13H2,1-4H3,(H,17,19). The Morgan fingerprint density at radius 1 is 1.05 bits per heavy atom. The molecule has 0 aliphatic rings. The maximum Gasteiger partial charge on any atom is 0.407 e. The van der Waals surface area contributed by atoms with Crippen molar-refractivity contribution in [2.75, 3.05) is 31.8 Å². The third-order valence-electron chi connectivity index (χ3n) is 3.52. The Bertz CT molecular complexity index is 321. The molecule has 0 rings (SSSR count). The highest BCUT2D eigenvalue weighted by Gasteiger charge is 2.26. The van der Waals surface area contributed by atoms with E-state index in [2.05, 4.69) is 11.6 Å². The summed E-state index contributed by atoms with van der Waals surface area (Å²) in [4.78, 5) is 23.1. The van der Waals surface area contributed by atoms with Crippen molar-refractivity contribution in [2.24, 2.45) is 5.41 Å². The zero-order valence-corrected chi connectivity index (χ0v) is 15.2. The van der Waals surface area contributed by atoms with Crippen molar-refractivity contribution in [1.29, 1.82) is 0 Å². The largest absolute Gasteiger partial charge is 0.463 e. The first-order valence-electron chi connectivity index (χ1n) is 8.00. The van der Waals surface area contributed by atoms with E-state index in [1.165, 1.54) is 18.6 Å². The van der Waals surface area contributed by atoms with Gasteiger partial charge in [-0.05, 0) is 45.1 Å². The summed E-state index contributed by atoms with van der Waals surface area (Å²) in [7, 11) is 0. The van der Waals surface area contributed by atoms with Crippen molar-refractivity contribution in [1.82, 2.24) is 5.32 Å². The minimum atomic E-state index is -0.475. The number of carbonyl (C=O) groups excluding carboxylic acids is 2. The van der Waals surface area contributed by atoms with E-state index < -0.39 is 11.5 Å². The summed E-state index contributed by atoms with van der Waals surface area (Å²) in [6.45, 7) is 6.52. The predicted octanol–water partition coefficient (Wildman–Crippen LogP) is 3.62. The molecule has 0 atom stereocenters. The fourth-order valence-electron chi connectivity index (χ4n) is 1.55. The second-order valence-corrected chi connectivity index (χ2v) is 6.83. The summed E-state index contributed by atoms with van der Waals surface area (Å²) in [6.07, 6.45) is 6.74. The highest BCUT2D eigenvalue weighted by molar-refractivity contribution is 7.98. The predicted molar refractivity (Wildman–Crippen MR) is 91.2 cm³/mol. The first-order valence-corrected chi connectivity index (χ1v) is 9.40. The van der Waals surface area contributed by atoms with Crippen molar-refractivity contribution in [3.05, 3.63) is 0 Å². The summed E-state index contributed by atoms with van der Waals surface area (Å²) >= 11 is 1.86. The topological polar surface area (TPSA) is 64.6 Å². The summed E-state index contributed by atoms with van der Waals surface area (Å²) in [6, 6.07) is 0. The molecule has 0 aromatic rings. The molecule has 6 heteroatoms. The van der Waals surface area contributed by atoms with Crippen LogP contribution in [-0.4, -0.2) is 43.8 Å². The Hall–Kier alpha value is -0.910. The molecule has 0 fully saturated rings. The molecule has 5 nitrogen and oxygen atoms in total. The van der Waals surface area contributed by atoms with E-state index in [-0.39, 0.29) is 19.1 Å². The normalized spacial score (nSPS) is 11.1. The van der Waals surface area contributed by atoms with Crippen molar-refractivity contribution in [3.63, 3.8) is 0 Å². The molecule has 0 spiro atoms. The zero-order chi connectivity index (χ0) is 16.8. The maximum absolute atomic E-state index is 11.7. The first-order chi connectivity index (χ1) is 10.4. The van der Waals surface area contributed by atoms with Crippen LogP contribution in [0.4, 0.5) is 4.79 Å². The second-order valence-electron chi connectivity index (χ2n) is 5.84. The minimum Gasteiger partial charge on any atom is -0.463 e. The molecule has 0 saturated heterocycles. The van der Waals surface area contributed by atoms with Crippen LogP contribution in [-0.2, 0) is 14.3 Å². The lowest BCUT2D eigenvalue weighted by Gasteiger charge is -2.20. The van der Waals surface area contributed by atoms with Crippen LogP contribution in [0, 0.1) is 5.41 Å². The molecule has 0 aliphatic carbocycles. The van der Waals surface area contributed by atoms with Crippen molar-refractivity contribution in [3.8, 4) is 0 Å². The molecular weight excluding hydrogens is 302 g/mol. The Balaban J connectivity index is 3.49. The summed E-state index contributed by atoms with van der Waals surface area (Å²) in [5, 5.41) is 2.58. The van der Waals surface area contributed by atoms with Gasteiger partial charge in [0.25, 0.3) is 0 Å². The lowest BCUT2D eigenvalue weighted by Crippen LogP contribution is -2.32. The van der Waals surface area contributed by atoms with Crippen LogP contribution in [0.5, 0.6) is 0 Å². The number of amides is 1. The molecule has 0 aromatic carbocycles. The van der Waals surface area contributed by atoms with Gasteiger partial charge in [-0.3, -0.25) is 4.79 Å². The fraction of sp³-hybridized carbons (Fsp3) is 0.875. The fourth-order valence-corrected chi connectivity index (χ4v) is 2.05. The maximum atomic E-state index is 11.7. The average molecular weight is 333 g/mol. The number of thioether (sulfide) groups is 1. The van der Waals surface area contributed by atoms with Crippen LogP contribution in [0.2, 0.25) is 0 Å². The third kappa shape index (κ3) is 10.8. The molecule has 1 N–H and O–H groups in total. The Kier molecular flexibility index (Phi) is 12.1. The quantitative estimate of drug-likeness (QED) is 0.436. The van der Waals surface area contributed by atoms with E-state index in [4.69, 9.17) is 9.47 Å². The van der Waals surface area contributed by atoms with Crippen LogP contribution >= 0.6 is 11.8 Å².